The Balaban J connectivity index is 2.02. The number of nitrogens with one attached hydrogen (secondary N) is 2. The molecule has 3 N–H and O–H groups in total. The van der Waals surface area contributed by atoms with E-state index in [9.17, 15) is 31.9 Å². The van der Waals surface area contributed by atoms with E-state index in [-0.39, 0.29) is 44.1 Å². The summed E-state index contributed by atoms with van der Waals surface area (Å²) in [6.07, 6.45) is 0.998. The van der Waals surface area contributed by atoms with Crippen LogP contribution in [0.15, 0.2) is 52.2 Å². The Hall–Kier alpha value is -3.99. The number of hydrogen-bond acceptors (Lipinski definition) is 5. The summed E-state index contributed by atoms with van der Waals surface area (Å²) >= 11 is 0. The van der Waals surface area contributed by atoms with Gasteiger partial charge in [0.1, 0.15) is 17.3 Å². The summed E-state index contributed by atoms with van der Waals surface area (Å²) < 4.78 is 57.4. The molecule has 0 unspecified atom stereocenters. The maximum absolute atomic E-state index is 14.2. The zero-order valence-corrected chi connectivity index (χ0v) is 18.0. The van der Waals surface area contributed by atoms with Crippen LogP contribution >= 0.6 is 0 Å². The van der Waals surface area contributed by atoms with Gasteiger partial charge in [0.2, 0.25) is 0 Å². The number of carbonyl (C=O) groups is 1. The number of hydrogen-bond donors (Lipinski definition) is 3. The lowest BCUT2D eigenvalue weighted by molar-refractivity contribution is 0.0690. The molecule has 0 amide bonds. The van der Waals surface area contributed by atoms with Crippen molar-refractivity contribution in [1.29, 1.82) is 0 Å². The van der Waals surface area contributed by atoms with Gasteiger partial charge in [-0.15, -0.1) is 0 Å². The fourth-order valence-electron chi connectivity index (χ4n) is 3.47. The van der Waals surface area contributed by atoms with Gasteiger partial charge in [0.25, 0.3) is 5.56 Å². The number of aromatic amines is 2. The van der Waals surface area contributed by atoms with E-state index in [0.29, 0.717) is 11.8 Å². The van der Waals surface area contributed by atoms with Crippen molar-refractivity contribution in [2.75, 3.05) is 6.26 Å². The maximum atomic E-state index is 14.2. The molecule has 0 aliphatic carbocycles. The first-order chi connectivity index (χ1) is 15.5. The minimum atomic E-state index is -3.67. The fraction of sp³-hybridized carbons (Fsp3) is 0.0909. The molecule has 0 aliphatic rings. The van der Waals surface area contributed by atoms with Crippen LogP contribution in [0.5, 0.6) is 11.5 Å². The summed E-state index contributed by atoms with van der Waals surface area (Å²) in [7, 11) is -3.67. The average Bonchev–Trinajstić information content (AvgIpc) is 3.06. The van der Waals surface area contributed by atoms with Crippen LogP contribution in [-0.4, -0.2) is 35.7 Å². The standard InChI is InChI=1S/C22H16F2N2O6S/c1-10-19-14(9-16(22(28)29)26-21(19)27)20(25-10)13-8-12(33(2,30)31)4-6-17(13)32-18-5-3-11(23)7-15(18)24/h3-9,25H,1-2H3,(H,26,27)(H,28,29). The van der Waals surface area contributed by atoms with Crippen LogP contribution in [0.2, 0.25) is 0 Å². The van der Waals surface area contributed by atoms with Gasteiger partial charge >= 0.3 is 5.97 Å². The molecule has 33 heavy (non-hydrogen) atoms. The van der Waals surface area contributed by atoms with Gasteiger partial charge in [-0.1, -0.05) is 0 Å². The summed E-state index contributed by atoms with van der Waals surface area (Å²) in [6.45, 7) is 1.59. The van der Waals surface area contributed by atoms with E-state index in [4.69, 9.17) is 4.74 Å². The highest BCUT2D eigenvalue weighted by molar-refractivity contribution is 7.90. The minimum absolute atomic E-state index is 0.00628. The maximum Gasteiger partial charge on any atom is 0.352 e. The molecule has 11 heteroatoms. The lowest BCUT2D eigenvalue weighted by Crippen LogP contribution is -2.12. The lowest BCUT2D eigenvalue weighted by atomic mass is 10.1. The Morgan fingerprint density at radius 1 is 1.03 bits per heavy atom. The monoisotopic (exact) mass is 474 g/mol. The molecule has 170 valence electrons. The van der Waals surface area contributed by atoms with Crippen molar-refractivity contribution in [3.05, 3.63) is 75.8 Å². The van der Waals surface area contributed by atoms with Crippen LogP contribution in [-0.2, 0) is 9.84 Å². The number of pyridine rings is 1. The van der Waals surface area contributed by atoms with Gasteiger partial charge in [-0.3, -0.25) is 4.79 Å². The molecule has 0 spiro atoms. The van der Waals surface area contributed by atoms with Crippen molar-refractivity contribution in [2.45, 2.75) is 11.8 Å². The van der Waals surface area contributed by atoms with Gasteiger partial charge in [-0.25, -0.2) is 22.0 Å². The largest absolute Gasteiger partial charge is 0.477 e. The molecular formula is C22H16F2N2O6S. The number of aromatic nitrogens is 2. The third kappa shape index (κ3) is 4.10. The van der Waals surface area contributed by atoms with Gasteiger partial charge in [-0.2, -0.15) is 0 Å². The number of sulfone groups is 1. The second kappa shape index (κ2) is 7.85. The van der Waals surface area contributed by atoms with E-state index < -0.39 is 33.0 Å². The van der Waals surface area contributed by atoms with E-state index in [1.807, 2.05) is 0 Å². The van der Waals surface area contributed by atoms with Crippen molar-refractivity contribution >= 4 is 26.6 Å². The minimum Gasteiger partial charge on any atom is -0.477 e. The molecular weight excluding hydrogens is 458 g/mol. The summed E-state index contributed by atoms with van der Waals surface area (Å²) in [6, 6.07) is 7.74. The molecule has 4 aromatic rings. The Morgan fingerprint density at radius 3 is 2.36 bits per heavy atom. The van der Waals surface area contributed by atoms with Crippen molar-refractivity contribution in [3.8, 4) is 22.8 Å². The number of rotatable bonds is 5. The van der Waals surface area contributed by atoms with Crippen molar-refractivity contribution in [2.24, 2.45) is 0 Å². The normalized spacial score (nSPS) is 11.6. The van der Waals surface area contributed by atoms with Crippen LogP contribution in [0.3, 0.4) is 0 Å². The molecule has 0 atom stereocenters. The first kappa shape index (κ1) is 22.2. The number of carboxylic acid groups (broad SMARTS) is 1. The highest BCUT2D eigenvalue weighted by Gasteiger charge is 2.21. The zero-order valence-electron chi connectivity index (χ0n) is 17.2. The van der Waals surface area contributed by atoms with E-state index in [2.05, 4.69) is 9.97 Å². The van der Waals surface area contributed by atoms with E-state index in [1.54, 1.807) is 6.92 Å². The molecule has 4 rings (SSSR count). The van der Waals surface area contributed by atoms with Gasteiger partial charge in [0.15, 0.2) is 21.4 Å². The number of H-pyrrole nitrogens is 2. The van der Waals surface area contributed by atoms with Crippen molar-refractivity contribution < 1.29 is 31.8 Å². The third-order valence-electron chi connectivity index (χ3n) is 4.98. The summed E-state index contributed by atoms with van der Waals surface area (Å²) in [5.41, 5.74) is -0.321. The molecule has 2 aromatic heterocycles. The van der Waals surface area contributed by atoms with Gasteiger partial charge in [0.05, 0.1) is 16.0 Å². The quantitative estimate of drug-likeness (QED) is 0.401. The van der Waals surface area contributed by atoms with Gasteiger partial charge < -0.3 is 19.8 Å². The smallest absolute Gasteiger partial charge is 0.352 e. The molecule has 0 saturated carbocycles. The van der Waals surface area contributed by atoms with E-state index in [1.165, 1.54) is 24.3 Å². The average molecular weight is 474 g/mol. The number of benzene rings is 2. The molecule has 2 aromatic carbocycles. The number of aromatic carboxylic acids is 1. The number of carboxylic acids is 1. The summed E-state index contributed by atoms with van der Waals surface area (Å²) in [4.78, 5) is 29.1. The molecule has 0 radical (unpaired) electrons. The highest BCUT2D eigenvalue weighted by atomic mass is 32.2. The molecule has 0 bridgehead atoms. The number of fused-ring (bicyclic) bond motifs is 1. The molecule has 0 fully saturated rings. The Labute approximate surface area is 185 Å². The predicted octanol–water partition coefficient (Wildman–Crippen LogP) is 4.00. The fourth-order valence-corrected chi connectivity index (χ4v) is 4.12. The second-order valence-electron chi connectivity index (χ2n) is 7.34. The van der Waals surface area contributed by atoms with Crippen LogP contribution in [0.4, 0.5) is 8.78 Å². The Morgan fingerprint density at radius 2 is 1.73 bits per heavy atom. The van der Waals surface area contributed by atoms with Gasteiger partial charge in [0, 0.05) is 29.0 Å². The first-order valence-electron chi connectivity index (χ1n) is 9.42. The van der Waals surface area contributed by atoms with E-state index >= 15 is 0 Å². The van der Waals surface area contributed by atoms with Crippen LogP contribution < -0.4 is 10.3 Å². The lowest BCUT2D eigenvalue weighted by Gasteiger charge is -2.13. The van der Waals surface area contributed by atoms with E-state index in [0.717, 1.165) is 18.4 Å². The molecule has 0 aliphatic heterocycles. The summed E-state index contributed by atoms with van der Waals surface area (Å²) in [5.74, 6) is -3.48. The zero-order chi connectivity index (χ0) is 24.1. The SMILES string of the molecule is Cc1[nH]c(-c2cc(S(C)(=O)=O)ccc2Oc2ccc(F)cc2F)c2cc(C(=O)O)[nH]c(=O)c12. The van der Waals surface area contributed by atoms with Gasteiger partial charge in [-0.05, 0) is 43.3 Å². The van der Waals surface area contributed by atoms with Crippen LogP contribution in [0.1, 0.15) is 16.2 Å². The van der Waals surface area contributed by atoms with Crippen LogP contribution in [0.25, 0.3) is 22.0 Å². The Bertz CT molecular complexity index is 1610. The second-order valence-corrected chi connectivity index (χ2v) is 9.35. The summed E-state index contributed by atoms with van der Waals surface area (Å²) in [5, 5.41) is 9.70. The number of aryl methyl sites for hydroxylation is 1. The third-order valence-corrected chi connectivity index (χ3v) is 6.09. The molecule has 2 heterocycles. The van der Waals surface area contributed by atoms with Crippen LogP contribution in [0, 0.1) is 18.6 Å². The topological polar surface area (TPSA) is 129 Å². The number of ether oxygens (including phenoxy) is 1. The van der Waals surface area contributed by atoms with Crippen molar-refractivity contribution in [3.63, 3.8) is 0 Å². The number of halogens is 2. The highest BCUT2D eigenvalue weighted by Crippen LogP contribution is 2.39. The van der Waals surface area contributed by atoms with Crippen molar-refractivity contribution in [1.82, 2.24) is 9.97 Å². The molecule has 0 saturated heterocycles. The first-order valence-corrected chi connectivity index (χ1v) is 11.3. The Kier molecular flexibility index (Phi) is 5.29. The predicted molar refractivity (Wildman–Crippen MR) is 116 cm³/mol. The molecule has 8 nitrogen and oxygen atoms in total.